The number of sulfone groups is 1. The molecule has 1 fully saturated rings. The summed E-state index contributed by atoms with van der Waals surface area (Å²) < 4.78 is 22.9. The number of nitrogen functional groups attached to an aromatic ring is 1. The van der Waals surface area contributed by atoms with Gasteiger partial charge in [-0.05, 0) is 12.8 Å². The van der Waals surface area contributed by atoms with Crippen LogP contribution in [0.4, 0.5) is 5.82 Å². The van der Waals surface area contributed by atoms with Crippen molar-refractivity contribution in [2.24, 2.45) is 0 Å². The topological polar surface area (TPSA) is 90.9 Å². The van der Waals surface area contributed by atoms with Gasteiger partial charge in [-0.25, -0.2) is 8.42 Å². The molecule has 2 heterocycles. The summed E-state index contributed by atoms with van der Waals surface area (Å²) in [7, 11) is -2.92. The average Bonchev–Trinajstić information content (AvgIpc) is 2.61. The molecule has 1 aromatic rings. The van der Waals surface area contributed by atoms with E-state index in [-0.39, 0.29) is 11.0 Å². The van der Waals surface area contributed by atoms with E-state index >= 15 is 0 Å². The zero-order chi connectivity index (χ0) is 10.2. The highest BCUT2D eigenvalue weighted by Gasteiger charge is 2.31. The Morgan fingerprint density at radius 1 is 1.64 bits per heavy atom. The van der Waals surface area contributed by atoms with E-state index < -0.39 is 9.84 Å². The van der Waals surface area contributed by atoms with Crippen molar-refractivity contribution in [3.8, 4) is 0 Å². The molecular formula is C7H12N4O2S. The standard InChI is InChI=1S/C7H12N4O2S/c8-7-4-9-11(10-7)5-6-2-1-3-14(6,12)13/h4,6H,1-3,5H2,(H2,8,10). The lowest BCUT2D eigenvalue weighted by Gasteiger charge is -2.07. The van der Waals surface area contributed by atoms with E-state index in [4.69, 9.17) is 5.73 Å². The van der Waals surface area contributed by atoms with Gasteiger partial charge in [-0.1, -0.05) is 0 Å². The van der Waals surface area contributed by atoms with Gasteiger partial charge >= 0.3 is 0 Å². The summed E-state index contributed by atoms with van der Waals surface area (Å²) in [5.41, 5.74) is 5.38. The van der Waals surface area contributed by atoms with Crippen molar-refractivity contribution in [3.63, 3.8) is 0 Å². The average molecular weight is 216 g/mol. The second kappa shape index (κ2) is 3.23. The molecule has 1 saturated heterocycles. The Hall–Kier alpha value is -1.11. The van der Waals surface area contributed by atoms with Gasteiger partial charge in [-0.2, -0.15) is 9.90 Å². The van der Waals surface area contributed by atoms with E-state index in [0.717, 1.165) is 6.42 Å². The first-order chi connectivity index (χ1) is 6.58. The number of nitrogens with two attached hydrogens (primary N) is 1. The molecule has 0 amide bonds. The molecule has 1 aliphatic rings. The van der Waals surface area contributed by atoms with E-state index in [2.05, 4.69) is 10.2 Å². The third-order valence-corrected chi connectivity index (χ3v) is 4.64. The Kier molecular flexibility index (Phi) is 2.18. The van der Waals surface area contributed by atoms with Gasteiger partial charge in [0.1, 0.15) is 0 Å². The van der Waals surface area contributed by atoms with Crippen LogP contribution in [0.15, 0.2) is 6.20 Å². The fourth-order valence-electron chi connectivity index (χ4n) is 1.64. The third kappa shape index (κ3) is 1.72. The molecule has 2 rings (SSSR count). The molecule has 1 unspecified atom stereocenters. The number of rotatable bonds is 2. The Balaban J connectivity index is 2.12. The largest absolute Gasteiger partial charge is 0.381 e. The van der Waals surface area contributed by atoms with Gasteiger partial charge in [0.25, 0.3) is 0 Å². The molecule has 0 bridgehead atoms. The van der Waals surface area contributed by atoms with Crippen LogP contribution in [0.1, 0.15) is 12.8 Å². The Bertz CT molecular complexity index is 425. The van der Waals surface area contributed by atoms with Gasteiger partial charge in [-0.3, -0.25) is 0 Å². The van der Waals surface area contributed by atoms with Crippen LogP contribution < -0.4 is 5.73 Å². The minimum Gasteiger partial charge on any atom is -0.381 e. The minimum absolute atomic E-state index is 0.286. The van der Waals surface area contributed by atoms with Gasteiger partial charge in [0.2, 0.25) is 0 Å². The zero-order valence-corrected chi connectivity index (χ0v) is 8.44. The van der Waals surface area contributed by atoms with Crippen molar-refractivity contribution in [2.45, 2.75) is 24.6 Å². The summed E-state index contributed by atoms with van der Waals surface area (Å²) in [6.07, 6.45) is 2.86. The maximum Gasteiger partial charge on any atom is 0.165 e. The summed E-state index contributed by atoms with van der Waals surface area (Å²) >= 11 is 0. The highest BCUT2D eigenvalue weighted by Crippen LogP contribution is 2.20. The van der Waals surface area contributed by atoms with Crippen molar-refractivity contribution in [1.29, 1.82) is 0 Å². The number of nitrogens with zero attached hydrogens (tertiary/aromatic N) is 3. The maximum atomic E-state index is 11.5. The van der Waals surface area contributed by atoms with Gasteiger partial charge in [0, 0.05) is 0 Å². The molecule has 1 aromatic heterocycles. The molecule has 14 heavy (non-hydrogen) atoms. The van der Waals surface area contributed by atoms with E-state index in [0.29, 0.717) is 18.8 Å². The van der Waals surface area contributed by atoms with Crippen LogP contribution in [0, 0.1) is 0 Å². The van der Waals surface area contributed by atoms with Crippen LogP contribution in [-0.4, -0.2) is 34.4 Å². The molecule has 1 aliphatic heterocycles. The van der Waals surface area contributed by atoms with Crippen LogP contribution in [0.5, 0.6) is 0 Å². The Morgan fingerprint density at radius 3 is 2.93 bits per heavy atom. The smallest absolute Gasteiger partial charge is 0.165 e. The third-order valence-electron chi connectivity index (χ3n) is 2.38. The Morgan fingerprint density at radius 2 is 2.43 bits per heavy atom. The van der Waals surface area contributed by atoms with Crippen molar-refractivity contribution in [3.05, 3.63) is 6.20 Å². The lowest BCUT2D eigenvalue weighted by atomic mass is 10.2. The van der Waals surface area contributed by atoms with Crippen molar-refractivity contribution >= 4 is 15.7 Å². The zero-order valence-electron chi connectivity index (χ0n) is 7.63. The molecule has 1 atom stereocenters. The van der Waals surface area contributed by atoms with Crippen LogP contribution >= 0.6 is 0 Å². The fraction of sp³-hybridized carbons (Fsp3) is 0.714. The van der Waals surface area contributed by atoms with Crippen LogP contribution in [0.25, 0.3) is 0 Å². The van der Waals surface area contributed by atoms with Gasteiger partial charge in [-0.15, -0.1) is 5.10 Å². The van der Waals surface area contributed by atoms with E-state index in [1.54, 1.807) is 0 Å². The van der Waals surface area contributed by atoms with E-state index in [1.807, 2.05) is 0 Å². The summed E-state index contributed by atoms with van der Waals surface area (Å²) in [6, 6.07) is 0. The van der Waals surface area contributed by atoms with Crippen molar-refractivity contribution < 1.29 is 8.42 Å². The monoisotopic (exact) mass is 216 g/mol. The highest BCUT2D eigenvalue weighted by atomic mass is 32.2. The highest BCUT2D eigenvalue weighted by molar-refractivity contribution is 7.92. The maximum absolute atomic E-state index is 11.5. The first-order valence-corrected chi connectivity index (χ1v) is 6.17. The van der Waals surface area contributed by atoms with Crippen molar-refractivity contribution in [1.82, 2.24) is 15.0 Å². The first kappa shape index (κ1) is 9.45. The summed E-state index contributed by atoms with van der Waals surface area (Å²) in [5.74, 6) is 0.606. The molecule has 0 aliphatic carbocycles. The van der Waals surface area contributed by atoms with Crippen LogP contribution in [0.3, 0.4) is 0 Å². The molecule has 0 radical (unpaired) electrons. The second-order valence-corrected chi connectivity index (χ2v) is 5.86. The lowest BCUT2D eigenvalue weighted by molar-refractivity contribution is 0.498. The van der Waals surface area contributed by atoms with Gasteiger partial charge < -0.3 is 5.73 Å². The minimum atomic E-state index is -2.92. The Labute approximate surface area is 82.0 Å². The molecular weight excluding hydrogens is 204 g/mol. The van der Waals surface area contributed by atoms with Crippen LogP contribution in [-0.2, 0) is 16.4 Å². The normalized spacial score (nSPS) is 25.3. The van der Waals surface area contributed by atoms with Crippen molar-refractivity contribution in [2.75, 3.05) is 11.5 Å². The molecule has 6 nitrogen and oxygen atoms in total. The SMILES string of the molecule is Nc1cnn(CC2CCCS2(=O)=O)n1. The molecule has 7 heteroatoms. The number of aromatic nitrogens is 3. The lowest BCUT2D eigenvalue weighted by Crippen LogP contribution is -2.23. The molecule has 0 spiro atoms. The summed E-state index contributed by atoms with van der Waals surface area (Å²) in [4.78, 5) is 1.35. The van der Waals surface area contributed by atoms with Gasteiger partial charge in [0.05, 0.1) is 23.7 Å². The molecule has 0 aromatic carbocycles. The summed E-state index contributed by atoms with van der Waals surface area (Å²) in [5, 5.41) is 7.38. The number of anilines is 1. The predicted molar refractivity (Wildman–Crippen MR) is 51.2 cm³/mol. The molecule has 0 saturated carbocycles. The van der Waals surface area contributed by atoms with Crippen LogP contribution in [0.2, 0.25) is 0 Å². The summed E-state index contributed by atoms with van der Waals surface area (Å²) in [6.45, 7) is 0.319. The van der Waals surface area contributed by atoms with Gasteiger partial charge in [0.15, 0.2) is 15.7 Å². The fourth-order valence-corrected chi connectivity index (χ4v) is 3.43. The molecule has 78 valence electrons. The van der Waals surface area contributed by atoms with E-state index in [9.17, 15) is 8.42 Å². The number of hydrogen-bond acceptors (Lipinski definition) is 5. The predicted octanol–water partition coefficient (Wildman–Crippen LogP) is -0.563. The second-order valence-electron chi connectivity index (χ2n) is 3.46. The first-order valence-electron chi connectivity index (χ1n) is 4.45. The van der Waals surface area contributed by atoms with E-state index in [1.165, 1.54) is 11.0 Å². The quantitative estimate of drug-likeness (QED) is 0.715. The number of hydrogen-bond donors (Lipinski definition) is 1. The molecule has 2 N–H and O–H groups in total.